The van der Waals surface area contributed by atoms with Gasteiger partial charge in [-0.2, -0.15) is 5.10 Å². The Bertz CT molecular complexity index is 680. The molecule has 0 aromatic carbocycles. The quantitative estimate of drug-likeness (QED) is 0.717. The van der Waals surface area contributed by atoms with Gasteiger partial charge < -0.3 is 15.7 Å². The van der Waals surface area contributed by atoms with Crippen LogP contribution in [-0.2, 0) is 6.42 Å². The van der Waals surface area contributed by atoms with Gasteiger partial charge in [-0.1, -0.05) is 0 Å². The molecule has 9 heteroatoms. The number of fused-ring (bicyclic) bond motifs is 1. The molecule has 23 heavy (non-hydrogen) atoms. The Labute approximate surface area is 138 Å². The first-order valence-electron chi connectivity index (χ1n) is 7.26. The predicted octanol–water partition coefficient (Wildman–Crippen LogP) is 0.116. The van der Waals surface area contributed by atoms with Crippen LogP contribution in [0, 0.1) is 0 Å². The van der Waals surface area contributed by atoms with E-state index in [0.29, 0.717) is 37.1 Å². The Hall–Kier alpha value is -1.77. The van der Waals surface area contributed by atoms with Crippen LogP contribution in [-0.4, -0.2) is 57.5 Å². The van der Waals surface area contributed by atoms with Gasteiger partial charge >= 0.3 is 0 Å². The van der Waals surface area contributed by atoms with Gasteiger partial charge in [0.2, 0.25) is 0 Å². The zero-order valence-corrected chi connectivity index (χ0v) is 13.2. The number of hydrogen-bond donors (Lipinski definition) is 3. The largest absolute Gasteiger partial charge is 0.396 e. The molecule has 0 saturated carbocycles. The Morgan fingerprint density at radius 3 is 3.04 bits per heavy atom. The molecule has 2 atom stereocenters. The maximum atomic E-state index is 13.1. The number of rotatable bonds is 5. The maximum Gasteiger partial charge on any atom is 0.256 e. The van der Waals surface area contributed by atoms with Gasteiger partial charge in [0.25, 0.3) is 5.91 Å². The van der Waals surface area contributed by atoms with E-state index in [1.165, 1.54) is 10.7 Å². The summed E-state index contributed by atoms with van der Waals surface area (Å²) in [6.45, 7) is 0.747. The predicted molar refractivity (Wildman–Crippen MR) is 84.7 cm³/mol. The van der Waals surface area contributed by atoms with Gasteiger partial charge in [-0.05, 0) is 18.4 Å². The molecule has 3 heterocycles. The van der Waals surface area contributed by atoms with Crippen molar-refractivity contribution in [3.05, 3.63) is 29.7 Å². The molecule has 126 valence electrons. The molecule has 0 bridgehead atoms. The number of aromatic nitrogens is 3. The lowest BCUT2D eigenvalue weighted by Gasteiger charge is -2.10. The first kappa shape index (κ1) is 17.6. The van der Waals surface area contributed by atoms with Gasteiger partial charge in [-0.25, -0.2) is 13.9 Å². The molecule has 1 saturated heterocycles. The molecule has 2 aromatic rings. The molecule has 0 aliphatic carbocycles. The minimum Gasteiger partial charge on any atom is -0.396 e. The topological polar surface area (TPSA) is 91.6 Å². The van der Waals surface area contributed by atoms with Crippen molar-refractivity contribution in [2.24, 2.45) is 0 Å². The molecular weight excluding hydrogens is 325 g/mol. The van der Waals surface area contributed by atoms with E-state index < -0.39 is 6.17 Å². The van der Waals surface area contributed by atoms with Crippen molar-refractivity contribution in [2.45, 2.75) is 25.1 Å². The summed E-state index contributed by atoms with van der Waals surface area (Å²) in [5, 5.41) is 18.8. The highest BCUT2D eigenvalue weighted by Gasteiger charge is 2.24. The van der Waals surface area contributed by atoms with Gasteiger partial charge in [-0.3, -0.25) is 4.79 Å². The fourth-order valence-corrected chi connectivity index (χ4v) is 2.57. The fourth-order valence-electron chi connectivity index (χ4n) is 2.57. The van der Waals surface area contributed by atoms with Crippen LogP contribution in [0.5, 0.6) is 0 Å². The average molecular weight is 344 g/mol. The number of amides is 1. The Morgan fingerprint density at radius 2 is 2.35 bits per heavy atom. The van der Waals surface area contributed by atoms with Crippen molar-refractivity contribution >= 4 is 24.0 Å². The monoisotopic (exact) mass is 343 g/mol. The first-order chi connectivity index (χ1) is 10.7. The van der Waals surface area contributed by atoms with E-state index in [1.54, 1.807) is 12.4 Å². The Kier molecular flexibility index (Phi) is 5.86. The summed E-state index contributed by atoms with van der Waals surface area (Å²) >= 11 is 0. The molecule has 0 spiro atoms. The zero-order chi connectivity index (χ0) is 15.5. The van der Waals surface area contributed by atoms with Crippen LogP contribution >= 0.6 is 12.4 Å². The summed E-state index contributed by atoms with van der Waals surface area (Å²) in [6, 6.07) is -0.0371. The van der Waals surface area contributed by atoms with E-state index >= 15 is 0 Å². The lowest BCUT2D eigenvalue weighted by molar-refractivity contribution is 0.0951. The second-order valence-corrected chi connectivity index (χ2v) is 5.41. The standard InChI is InChI=1S/C14H18FN5O2.ClH/c15-10-3-11(16-5-10)6-18-14(22)12-7-19-20-8-9(1-2-21)4-17-13(12)20;/h4,7-8,10-11,16,21H,1-3,5-6H2,(H,18,22);1H/t10-,11-;/m0./s1. The SMILES string of the molecule is Cl.O=C(NC[C@@H]1C[C@H](F)CN1)c1cnn2cc(CCO)cnc12. The van der Waals surface area contributed by atoms with Crippen molar-refractivity contribution < 1.29 is 14.3 Å². The molecule has 0 radical (unpaired) electrons. The minimum absolute atomic E-state index is 0. The summed E-state index contributed by atoms with van der Waals surface area (Å²) < 4.78 is 14.6. The summed E-state index contributed by atoms with van der Waals surface area (Å²) in [5.74, 6) is -0.276. The number of aliphatic hydroxyl groups is 1. The highest BCUT2D eigenvalue weighted by atomic mass is 35.5. The van der Waals surface area contributed by atoms with Crippen molar-refractivity contribution in [1.82, 2.24) is 25.2 Å². The average Bonchev–Trinajstić information content (AvgIpc) is 3.11. The smallest absolute Gasteiger partial charge is 0.256 e. The third-order valence-corrected chi connectivity index (χ3v) is 3.73. The van der Waals surface area contributed by atoms with Gasteiger partial charge in [-0.15, -0.1) is 12.4 Å². The van der Waals surface area contributed by atoms with Crippen molar-refractivity contribution in [2.75, 3.05) is 19.7 Å². The van der Waals surface area contributed by atoms with E-state index in [2.05, 4.69) is 20.7 Å². The third-order valence-electron chi connectivity index (χ3n) is 3.73. The number of nitrogens with one attached hydrogen (secondary N) is 2. The van der Waals surface area contributed by atoms with Crippen LogP contribution in [0.4, 0.5) is 4.39 Å². The molecule has 1 fully saturated rings. The zero-order valence-electron chi connectivity index (χ0n) is 12.4. The van der Waals surface area contributed by atoms with Gasteiger partial charge in [0.1, 0.15) is 11.7 Å². The van der Waals surface area contributed by atoms with Crippen molar-refractivity contribution in [1.29, 1.82) is 0 Å². The number of carbonyl (C=O) groups is 1. The lowest BCUT2D eigenvalue weighted by Crippen LogP contribution is -2.37. The lowest BCUT2D eigenvalue weighted by atomic mass is 10.2. The summed E-state index contributed by atoms with van der Waals surface area (Å²) in [4.78, 5) is 16.4. The second-order valence-electron chi connectivity index (χ2n) is 5.41. The molecule has 1 amide bonds. The number of halogens is 2. The van der Waals surface area contributed by atoms with E-state index in [9.17, 15) is 9.18 Å². The van der Waals surface area contributed by atoms with Gasteiger partial charge in [0.15, 0.2) is 5.65 Å². The normalized spacial score (nSPS) is 20.4. The second kappa shape index (κ2) is 7.67. The number of alkyl halides is 1. The molecule has 7 nitrogen and oxygen atoms in total. The van der Waals surface area contributed by atoms with Crippen LogP contribution < -0.4 is 10.6 Å². The summed E-state index contributed by atoms with van der Waals surface area (Å²) in [6.07, 6.45) is 4.88. The molecular formula is C14H19ClFN5O2. The molecule has 2 aromatic heterocycles. The van der Waals surface area contributed by atoms with Crippen LogP contribution in [0.15, 0.2) is 18.6 Å². The molecule has 3 rings (SSSR count). The Balaban J connectivity index is 0.00000192. The van der Waals surface area contributed by atoms with Crippen LogP contribution in [0.25, 0.3) is 5.65 Å². The maximum absolute atomic E-state index is 13.1. The van der Waals surface area contributed by atoms with E-state index in [-0.39, 0.29) is 31.0 Å². The number of nitrogens with zero attached hydrogens (tertiary/aromatic N) is 3. The van der Waals surface area contributed by atoms with E-state index in [4.69, 9.17) is 5.11 Å². The van der Waals surface area contributed by atoms with Crippen LogP contribution in [0.3, 0.4) is 0 Å². The molecule has 3 N–H and O–H groups in total. The minimum atomic E-state index is -0.842. The highest BCUT2D eigenvalue weighted by Crippen LogP contribution is 2.11. The van der Waals surface area contributed by atoms with Gasteiger partial charge in [0.05, 0.1) is 6.20 Å². The fraction of sp³-hybridized carbons (Fsp3) is 0.500. The van der Waals surface area contributed by atoms with Crippen LogP contribution in [0.2, 0.25) is 0 Å². The van der Waals surface area contributed by atoms with E-state index in [1.807, 2.05) is 0 Å². The van der Waals surface area contributed by atoms with E-state index in [0.717, 1.165) is 5.56 Å². The summed E-state index contributed by atoms with van der Waals surface area (Å²) in [7, 11) is 0. The van der Waals surface area contributed by atoms with Crippen LogP contribution in [0.1, 0.15) is 22.3 Å². The number of carbonyl (C=O) groups excluding carboxylic acids is 1. The molecule has 1 aliphatic rings. The molecule has 0 unspecified atom stereocenters. The number of hydrogen-bond acceptors (Lipinski definition) is 5. The first-order valence-corrected chi connectivity index (χ1v) is 7.26. The third kappa shape index (κ3) is 3.95. The summed E-state index contributed by atoms with van der Waals surface area (Å²) in [5.41, 5.74) is 1.68. The highest BCUT2D eigenvalue weighted by molar-refractivity contribution is 5.99. The number of aliphatic hydroxyl groups excluding tert-OH is 1. The van der Waals surface area contributed by atoms with Gasteiger partial charge in [0, 0.05) is 38.1 Å². The van der Waals surface area contributed by atoms with Crippen molar-refractivity contribution in [3.8, 4) is 0 Å². The van der Waals surface area contributed by atoms with Crippen molar-refractivity contribution in [3.63, 3.8) is 0 Å². The Morgan fingerprint density at radius 1 is 1.52 bits per heavy atom. The molecule has 1 aliphatic heterocycles.